The van der Waals surface area contributed by atoms with E-state index in [-0.39, 0.29) is 81.6 Å². The number of allylic oxidation sites excluding steroid dienone is 1. The van der Waals surface area contributed by atoms with Crippen molar-refractivity contribution < 1.29 is 72.6 Å². The van der Waals surface area contributed by atoms with Crippen LogP contribution in [0.2, 0.25) is 0 Å². The number of hydrogen-bond donors (Lipinski definition) is 4. The molecule has 2 aliphatic heterocycles. The topological polar surface area (TPSA) is 249 Å². The zero-order valence-corrected chi connectivity index (χ0v) is 40.8. The number of amides is 2. The number of nitro benzene ring substituents is 1. The van der Waals surface area contributed by atoms with Crippen molar-refractivity contribution in [2.75, 3.05) is 72.3 Å². The first-order chi connectivity index (χ1) is 35.1. The van der Waals surface area contributed by atoms with Gasteiger partial charge in [0.15, 0.2) is 0 Å². The van der Waals surface area contributed by atoms with Crippen LogP contribution in [0.15, 0.2) is 90.1 Å². The lowest BCUT2D eigenvalue weighted by Crippen LogP contribution is -2.70. The maximum Gasteiger partial charge on any atom is 0.417 e. The van der Waals surface area contributed by atoms with Gasteiger partial charge in [-0.05, 0) is 98.4 Å². The number of methoxy groups -OCH3 is 2. The fourth-order valence-electron chi connectivity index (χ4n) is 10.3. The molecule has 7 rings (SSSR count). The summed E-state index contributed by atoms with van der Waals surface area (Å²) >= 11 is 0. The Balaban J connectivity index is 1.40. The molecule has 4 aliphatic rings. The zero-order valence-electron chi connectivity index (χ0n) is 40.8. The van der Waals surface area contributed by atoms with E-state index in [1.54, 1.807) is 42.5 Å². The molecule has 72 heavy (non-hydrogen) atoms. The number of nitrogens with zero attached hydrogens (tertiary/aromatic N) is 3. The minimum atomic E-state index is -1.71. The standard InChI is InChI=1S/C52H66N4O16/c1-4-26-68-52-46(55(22-28-66-29-25-59)51(61)70-36-16-14-35(15-17-36)56(62)63)33-43(54-72-47-13-7-10-27-67-47)40-30-34(11-5-8-23-57)39(12-6-9-24-58)48(49(40)52)41-31-38(19-21-44(41)71-52)69-50(60)53-42-20-18-37(64-2)32-45(42)65-3/h4,14-21,30-32,34,39,46-49,57-59H,1,5-13,22-29,33H2,2-3H3,(H,53,60)/t34-,39+,46-,47?,48+,49+,52+/m0/s1. The Morgan fingerprint density at radius 1 is 0.931 bits per heavy atom. The highest BCUT2D eigenvalue weighted by atomic mass is 16.8. The molecule has 0 radical (unpaired) electrons. The van der Waals surface area contributed by atoms with Crippen LogP contribution in [0.5, 0.6) is 28.7 Å². The number of anilines is 1. The van der Waals surface area contributed by atoms with Gasteiger partial charge in [-0.15, -0.1) is 6.58 Å². The Hall–Kier alpha value is -6.29. The molecule has 2 fully saturated rings. The summed E-state index contributed by atoms with van der Waals surface area (Å²) in [6, 6.07) is 14.1. The third kappa shape index (κ3) is 12.7. The van der Waals surface area contributed by atoms with Crippen LogP contribution < -0.4 is 29.0 Å². The third-order valence-corrected chi connectivity index (χ3v) is 13.5. The van der Waals surface area contributed by atoms with Crippen LogP contribution in [0.1, 0.15) is 75.7 Å². The van der Waals surface area contributed by atoms with Crippen molar-refractivity contribution in [2.24, 2.45) is 22.9 Å². The molecule has 0 spiro atoms. The molecule has 1 saturated heterocycles. The summed E-state index contributed by atoms with van der Waals surface area (Å²) in [5.74, 6) is -1.68. The van der Waals surface area contributed by atoms with Crippen LogP contribution >= 0.6 is 0 Å². The molecule has 20 nitrogen and oxygen atoms in total. The first-order valence-electron chi connectivity index (χ1n) is 24.6. The number of unbranched alkanes of at least 4 members (excludes halogenated alkanes) is 2. The van der Waals surface area contributed by atoms with Gasteiger partial charge in [0.1, 0.15) is 34.8 Å². The first-order valence-corrected chi connectivity index (χ1v) is 24.6. The quantitative estimate of drug-likeness (QED) is 0.0273. The molecule has 1 saturated carbocycles. The van der Waals surface area contributed by atoms with Crippen molar-refractivity contribution in [3.63, 3.8) is 0 Å². The average Bonchev–Trinajstić information content (AvgIpc) is 3.39. The Labute approximate surface area is 418 Å². The molecule has 2 amide bonds. The number of fused-ring (bicyclic) bond motifs is 2. The molecule has 0 aromatic heterocycles. The molecule has 2 heterocycles. The second-order valence-corrected chi connectivity index (χ2v) is 17.9. The minimum absolute atomic E-state index is 0.0122. The number of aliphatic hydroxyl groups is 3. The van der Waals surface area contributed by atoms with Gasteiger partial charge in [-0.1, -0.05) is 30.1 Å². The number of carbonyl (C=O) groups is 2. The van der Waals surface area contributed by atoms with E-state index in [4.69, 9.17) is 47.9 Å². The second-order valence-electron chi connectivity index (χ2n) is 17.9. The van der Waals surface area contributed by atoms with E-state index in [9.17, 15) is 35.0 Å². The average molecular weight is 1000 g/mol. The smallest absolute Gasteiger partial charge is 0.417 e. The third-order valence-electron chi connectivity index (χ3n) is 13.5. The molecular formula is C52H66N4O16. The normalized spacial score (nSPS) is 23.6. The van der Waals surface area contributed by atoms with Gasteiger partial charge in [0, 0.05) is 62.3 Å². The number of nitro groups is 1. The number of benzene rings is 3. The van der Waals surface area contributed by atoms with Gasteiger partial charge in [-0.25, -0.2) is 9.59 Å². The van der Waals surface area contributed by atoms with Crippen molar-refractivity contribution in [1.29, 1.82) is 0 Å². The summed E-state index contributed by atoms with van der Waals surface area (Å²) in [7, 11) is 3.00. The van der Waals surface area contributed by atoms with Crippen molar-refractivity contribution in [1.82, 2.24) is 4.90 Å². The van der Waals surface area contributed by atoms with Crippen LogP contribution in [0.25, 0.3) is 0 Å². The maximum atomic E-state index is 14.9. The van der Waals surface area contributed by atoms with E-state index in [0.717, 1.165) is 18.4 Å². The van der Waals surface area contributed by atoms with Crippen molar-refractivity contribution in [3.05, 3.63) is 101 Å². The lowest BCUT2D eigenvalue weighted by atomic mass is 9.55. The summed E-state index contributed by atoms with van der Waals surface area (Å²) in [6.07, 6.45) is 7.71. The Morgan fingerprint density at radius 2 is 1.69 bits per heavy atom. The summed E-state index contributed by atoms with van der Waals surface area (Å²) in [5, 5.41) is 48.8. The number of nitrogens with one attached hydrogen (secondary N) is 1. The predicted octanol–water partition coefficient (Wildman–Crippen LogP) is 7.89. The molecule has 7 atom stereocenters. The van der Waals surface area contributed by atoms with Gasteiger partial charge in [-0.2, -0.15) is 0 Å². The number of oxime groups is 1. The summed E-state index contributed by atoms with van der Waals surface area (Å²) in [4.78, 5) is 47.2. The second kappa shape index (κ2) is 25.9. The van der Waals surface area contributed by atoms with Crippen molar-refractivity contribution in [2.45, 2.75) is 88.2 Å². The SMILES string of the molecule is C=CCO[C@@]12Oc3ccc(OC(=O)Nc4ccc(OC)cc4OC)cc3[C@H]3[C@H](CCCCO)[C@@H](CCCCO)C=C(C(=NOC4CCCCO4)C[C@@H]1N(CCOCCO)C(=O)Oc1ccc([N+](=O)[O-])cc1)[C@H]32. The van der Waals surface area contributed by atoms with Gasteiger partial charge in [0.05, 0.1) is 69.5 Å². The first kappa shape index (κ1) is 53.5. The lowest BCUT2D eigenvalue weighted by molar-refractivity contribution is -0.384. The van der Waals surface area contributed by atoms with E-state index in [0.29, 0.717) is 85.8 Å². The lowest BCUT2D eigenvalue weighted by Gasteiger charge is -2.59. The van der Waals surface area contributed by atoms with Gasteiger partial charge >= 0.3 is 12.2 Å². The van der Waals surface area contributed by atoms with E-state index in [1.807, 2.05) is 0 Å². The van der Waals surface area contributed by atoms with Crippen molar-refractivity contribution in [3.8, 4) is 28.7 Å². The Kier molecular flexibility index (Phi) is 19.2. The molecule has 20 heteroatoms. The number of hydrogen-bond acceptors (Lipinski definition) is 17. The Bertz CT molecular complexity index is 2370. The monoisotopic (exact) mass is 1000 g/mol. The number of non-ortho nitro benzene ring substituents is 1. The maximum absolute atomic E-state index is 14.9. The highest BCUT2D eigenvalue weighted by Crippen LogP contribution is 2.62. The van der Waals surface area contributed by atoms with E-state index in [1.165, 1.54) is 43.4 Å². The number of carbonyl (C=O) groups excluding carboxylic acids is 2. The molecule has 2 aliphatic carbocycles. The number of rotatable bonds is 25. The van der Waals surface area contributed by atoms with Crippen LogP contribution in [-0.2, 0) is 19.0 Å². The summed E-state index contributed by atoms with van der Waals surface area (Å²) < 4.78 is 48.9. The minimum Gasteiger partial charge on any atom is -0.497 e. The molecule has 3 aromatic rings. The highest BCUT2D eigenvalue weighted by molar-refractivity contribution is 6.03. The van der Waals surface area contributed by atoms with Gasteiger partial charge in [0.2, 0.25) is 12.1 Å². The molecule has 4 N–H and O–H groups in total. The fraction of sp³-hybridized carbons (Fsp3) is 0.519. The molecule has 0 bridgehead atoms. The number of ether oxygens (including phenoxy) is 8. The van der Waals surface area contributed by atoms with Gasteiger partial charge < -0.3 is 58.1 Å². The number of aliphatic hydroxyl groups excluding tert-OH is 3. The molecule has 1 unspecified atom stereocenters. The molecular weight excluding hydrogens is 937 g/mol. The summed E-state index contributed by atoms with van der Waals surface area (Å²) in [6.45, 7) is 4.05. The van der Waals surface area contributed by atoms with Crippen molar-refractivity contribution >= 4 is 29.3 Å². The van der Waals surface area contributed by atoms with Crippen LogP contribution in [-0.4, -0.2) is 128 Å². The highest BCUT2D eigenvalue weighted by Gasteiger charge is 2.66. The van der Waals surface area contributed by atoms with E-state index < -0.39 is 47.1 Å². The largest absolute Gasteiger partial charge is 0.497 e. The van der Waals surface area contributed by atoms with Crippen LogP contribution in [0.3, 0.4) is 0 Å². The summed E-state index contributed by atoms with van der Waals surface area (Å²) in [5.41, 5.74) is 2.11. The van der Waals surface area contributed by atoms with Gasteiger partial charge in [-0.3, -0.25) is 20.3 Å². The van der Waals surface area contributed by atoms with Crippen LogP contribution in [0, 0.1) is 27.9 Å². The van der Waals surface area contributed by atoms with E-state index >= 15 is 0 Å². The Morgan fingerprint density at radius 3 is 2.39 bits per heavy atom. The fourth-order valence-corrected chi connectivity index (χ4v) is 10.3. The zero-order chi connectivity index (χ0) is 51.0. The molecule has 3 aromatic carbocycles. The predicted molar refractivity (Wildman–Crippen MR) is 263 cm³/mol. The molecule has 390 valence electrons. The van der Waals surface area contributed by atoms with E-state index in [2.05, 4.69) is 18.0 Å². The van der Waals surface area contributed by atoms with Crippen LogP contribution in [0.4, 0.5) is 21.0 Å². The van der Waals surface area contributed by atoms with Gasteiger partial charge in [0.25, 0.3) is 5.69 Å².